The lowest BCUT2D eigenvalue weighted by Gasteiger charge is -2.31. The zero-order valence-corrected chi connectivity index (χ0v) is 10.9. The van der Waals surface area contributed by atoms with Crippen molar-refractivity contribution < 1.29 is 9.84 Å². The Bertz CT molecular complexity index is 401. The quantitative estimate of drug-likeness (QED) is 0.874. The minimum absolute atomic E-state index is 0.224. The Labute approximate surface area is 103 Å². The zero-order chi connectivity index (χ0) is 12.5. The topological polar surface area (TPSA) is 32.7 Å². The molecular formula is C14H21NO2. The van der Waals surface area contributed by atoms with E-state index in [9.17, 15) is 5.11 Å². The lowest BCUT2D eigenvalue weighted by molar-refractivity contribution is 0.166. The van der Waals surface area contributed by atoms with Crippen molar-refractivity contribution in [1.29, 1.82) is 0 Å². The molecule has 0 aromatic heterocycles. The van der Waals surface area contributed by atoms with Gasteiger partial charge >= 0.3 is 0 Å². The summed E-state index contributed by atoms with van der Waals surface area (Å²) in [5, 5.41) is 9.75. The summed E-state index contributed by atoms with van der Waals surface area (Å²) in [6, 6.07) is 5.65. The second-order valence-corrected chi connectivity index (χ2v) is 5.34. The second-order valence-electron chi connectivity index (χ2n) is 5.34. The van der Waals surface area contributed by atoms with E-state index in [0.29, 0.717) is 5.75 Å². The Kier molecular flexibility index (Phi) is 3.29. The van der Waals surface area contributed by atoms with Crippen molar-refractivity contribution in [3.63, 3.8) is 0 Å². The predicted octanol–water partition coefficient (Wildman–Crippen LogP) is 2.78. The summed E-state index contributed by atoms with van der Waals surface area (Å²) in [6.45, 7) is 6.59. The minimum atomic E-state index is 0.224. The fourth-order valence-electron chi connectivity index (χ4n) is 2.51. The number of aromatic hydroxyl groups is 1. The summed E-state index contributed by atoms with van der Waals surface area (Å²) in [5.74, 6) is 0.761. The van der Waals surface area contributed by atoms with Gasteiger partial charge in [0.05, 0.1) is 7.11 Å². The molecule has 0 aliphatic carbocycles. The Balaban J connectivity index is 2.11. The SMILES string of the molecule is COc1ccc(CN2CCCC2(C)C)cc1O. The van der Waals surface area contributed by atoms with Crippen LogP contribution in [0, 0.1) is 0 Å². The molecule has 3 nitrogen and oxygen atoms in total. The van der Waals surface area contributed by atoms with Crippen LogP contribution < -0.4 is 4.74 Å². The normalized spacial score (nSPS) is 19.5. The first-order valence-electron chi connectivity index (χ1n) is 6.14. The number of phenols is 1. The molecule has 17 heavy (non-hydrogen) atoms. The molecular weight excluding hydrogens is 214 g/mol. The fourth-order valence-corrected chi connectivity index (χ4v) is 2.51. The molecule has 1 fully saturated rings. The molecule has 1 saturated heterocycles. The Morgan fingerprint density at radius 1 is 1.41 bits per heavy atom. The molecule has 0 saturated carbocycles. The van der Waals surface area contributed by atoms with E-state index in [1.807, 2.05) is 12.1 Å². The highest BCUT2D eigenvalue weighted by Crippen LogP contribution is 2.32. The van der Waals surface area contributed by atoms with Crippen LogP contribution >= 0.6 is 0 Å². The van der Waals surface area contributed by atoms with Crippen LogP contribution in [0.25, 0.3) is 0 Å². The molecule has 0 spiro atoms. The van der Waals surface area contributed by atoms with E-state index in [2.05, 4.69) is 18.7 Å². The molecule has 0 unspecified atom stereocenters. The molecule has 2 rings (SSSR count). The molecule has 0 radical (unpaired) electrons. The molecule has 3 heteroatoms. The number of ether oxygens (including phenoxy) is 1. The van der Waals surface area contributed by atoms with E-state index in [1.165, 1.54) is 12.8 Å². The Morgan fingerprint density at radius 2 is 2.18 bits per heavy atom. The molecule has 1 aliphatic rings. The summed E-state index contributed by atoms with van der Waals surface area (Å²) >= 11 is 0. The lowest BCUT2D eigenvalue weighted by Crippen LogP contribution is -2.37. The number of hydrogen-bond donors (Lipinski definition) is 1. The number of phenolic OH excluding ortho intramolecular Hbond substituents is 1. The average molecular weight is 235 g/mol. The van der Waals surface area contributed by atoms with Crippen LogP contribution in [0.5, 0.6) is 11.5 Å². The van der Waals surface area contributed by atoms with Gasteiger partial charge in [-0.15, -0.1) is 0 Å². The van der Waals surface area contributed by atoms with E-state index in [4.69, 9.17) is 4.74 Å². The summed E-state index contributed by atoms with van der Waals surface area (Å²) in [7, 11) is 1.57. The first-order valence-corrected chi connectivity index (χ1v) is 6.14. The van der Waals surface area contributed by atoms with E-state index >= 15 is 0 Å². The smallest absolute Gasteiger partial charge is 0.160 e. The van der Waals surface area contributed by atoms with Crippen molar-refractivity contribution in [1.82, 2.24) is 4.90 Å². The number of nitrogens with zero attached hydrogens (tertiary/aromatic N) is 1. The van der Waals surface area contributed by atoms with Gasteiger partial charge in [-0.3, -0.25) is 4.90 Å². The summed E-state index contributed by atoms with van der Waals surface area (Å²) < 4.78 is 5.05. The Hall–Kier alpha value is -1.22. The first-order chi connectivity index (χ1) is 8.03. The average Bonchev–Trinajstić information content (AvgIpc) is 2.59. The molecule has 1 N–H and O–H groups in total. The zero-order valence-electron chi connectivity index (χ0n) is 10.9. The number of rotatable bonds is 3. The van der Waals surface area contributed by atoms with Crippen LogP contribution in [0.3, 0.4) is 0 Å². The molecule has 0 amide bonds. The van der Waals surface area contributed by atoms with Gasteiger partial charge in [-0.25, -0.2) is 0 Å². The van der Waals surface area contributed by atoms with Crippen LogP contribution in [-0.4, -0.2) is 29.2 Å². The van der Waals surface area contributed by atoms with E-state index in [1.54, 1.807) is 13.2 Å². The molecule has 1 aromatic rings. The van der Waals surface area contributed by atoms with Crippen molar-refractivity contribution in [2.75, 3.05) is 13.7 Å². The van der Waals surface area contributed by atoms with Gasteiger partial charge in [0.2, 0.25) is 0 Å². The molecule has 0 bridgehead atoms. The van der Waals surface area contributed by atoms with E-state index in [-0.39, 0.29) is 11.3 Å². The lowest BCUT2D eigenvalue weighted by atomic mass is 10.0. The molecule has 1 aromatic carbocycles. The predicted molar refractivity (Wildman–Crippen MR) is 68.4 cm³/mol. The van der Waals surface area contributed by atoms with Crippen molar-refractivity contribution in [3.05, 3.63) is 23.8 Å². The van der Waals surface area contributed by atoms with Crippen molar-refractivity contribution in [2.24, 2.45) is 0 Å². The largest absolute Gasteiger partial charge is 0.504 e. The maximum absolute atomic E-state index is 9.75. The highest BCUT2D eigenvalue weighted by Gasteiger charge is 2.31. The van der Waals surface area contributed by atoms with E-state index in [0.717, 1.165) is 18.7 Å². The summed E-state index contributed by atoms with van der Waals surface area (Å²) in [6.07, 6.45) is 2.50. The summed E-state index contributed by atoms with van der Waals surface area (Å²) in [4.78, 5) is 2.47. The highest BCUT2D eigenvalue weighted by atomic mass is 16.5. The maximum atomic E-state index is 9.75. The fraction of sp³-hybridized carbons (Fsp3) is 0.571. The van der Waals surface area contributed by atoms with Crippen LogP contribution in [0.15, 0.2) is 18.2 Å². The van der Waals surface area contributed by atoms with Gasteiger partial charge < -0.3 is 9.84 Å². The molecule has 1 heterocycles. The van der Waals surface area contributed by atoms with Crippen LogP contribution in [0.4, 0.5) is 0 Å². The monoisotopic (exact) mass is 235 g/mol. The molecule has 1 aliphatic heterocycles. The highest BCUT2D eigenvalue weighted by molar-refractivity contribution is 5.41. The van der Waals surface area contributed by atoms with Gasteiger partial charge in [0.15, 0.2) is 11.5 Å². The van der Waals surface area contributed by atoms with Crippen LogP contribution in [0.2, 0.25) is 0 Å². The van der Waals surface area contributed by atoms with Crippen molar-refractivity contribution >= 4 is 0 Å². The van der Waals surface area contributed by atoms with Crippen LogP contribution in [-0.2, 0) is 6.54 Å². The van der Waals surface area contributed by atoms with Crippen LogP contribution in [0.1, 0.15) is 32.3 Å². The third-order valence-corrected chi connectivity index (χ3v) is 3.69. The second kappa shape index (κ2) is 4.57. The molecule has 94 valence electrons. The summed E-state index contributed by atoms with van der Waals surface area (Å²) in [5.41, 5.74) is 1.41. The standard InChI is InChI=1S/C14H21NO2/c1-14(2)7-4-8-15(14)10-11-5-6-13(17-3)12(16)9-11/h5-6,9,16H,4,7-8,10H2,1-3H3. The number of benzene rings is 1. The van der Waals surface area contributed by atoms with E-state index < -0.39 is 0 Å². The van der Waals surface area contributed by atoms with Gasteiger partial charge in [-0.2, -0.15) is 0 Å². The number of likely N-dealkylation sites (tertiary alicyclic amines) is 1. The van der Waals surface area contributed by atoms with Gasteiger partial charge in [-0.1, -0.05) is 6.07 Å². The third-order valence-electron chi connectivity index (χ3n) is 3.69. The number of methoxy groups -OCH3 is 1. The number of hydrogen-bond acceptors (Lipinski definition) is 3. The van der Waals surface area contributed by atoms with Gasteiger partial charge in [0.1, 0.15) is 0 Å². The Morgan fingerprint density at radius 3 is 2.71 bits per heavy atom. The third kappa shape index (κ3) is 2.55. The van der Waals surface area contributed by atoms with Crippen molar-refractivity contribution in [2.45, 2.75) is 38.8 Å². The first kappa shape index (κ1) is 12.2. The van der Waals surface area contributed by atoms with Gasteiger partial charge in [-0.05, 0) is 50.9 Å². The maximum Gasteiger partial charge on any atom is 0.160 e. The van der Waals surface area contributed by atoms with Gasteiger partial charge in [0, 0.05) is 12.1 Å². The van der Waals surface area contributed by atoms with Crippen molar-refractivity contribution in [3.8, 4) is 11.5 Å². The minimum Gasteiger partial charge on any atom is -0.504 e. The molecule has 0 atom stereocenters. The van der Waals surface area contributed by atoms with Gasteiger partial charge in [0.25, 0.3) is 0 Å².